The van der Waals surface area contributed by atoms with Crippen LogP contribution in [0.1, 0.15) is 27.3 Å². The lowest BCUT2D eigenvalue weighted by atomic mass is 10.1. The first kappa shape index (κ1) is 19.4. The van der Waals surface area contributed by atoms with E-state index in [1.54, 1.807) is 30.3 Å². The number of Topliss-reactive ketones (excluding diaryl/α,β-unsaturated/α-hetero) is 1. The number of nitriles is 1. The predicted molar refractivity (Wildman–Crippen MR) is 97.5 cm³/mol. The van der Waals surface area contributed by atoms with Crippen molar-refractivity contribution in [3.8, 4) is 23.5 Å². The van der Waals surface area contributed by atoms with Crippen LogP contribution in [-0.2, 0) is 0 Å². The zero-order valence-corrected chi connectivity index (χ0v) is 16.2. The van der Waals surface area contributed by atoms with Gasteiger partial charge in [0.1, 0.15) is 16.8 Å². The molecule has 0 bridgehead atoms. The number of ketones is 1. The van der Waals surface area contributed by atoms with Crippen molar-refractivity contribution in [3.05, 3.63) is 52.8 Å². The van der Waals surface area contributed by atoms with Gasteiger partial charge in [-0.2, -0.15) is 5.26 Å². The molecule has 1 aromatic carbocycles. The van der Waals surface area contributed by atoms with Crippen LogP contribution in [0, 0.1) is 25.2 Å². The average molecular weight is 396 g/mol. The molecule has 0 aliphatic heterocycles. The number of ether oxygens (including phenoxy) is 1. The quantitative estimate of drug-likeness (QED) is 0.352. The molecule has 0 fully saturated rings. The summed E-state index contributed by atoms with van der Waals surface area (Å²) in [5, 5.41) is 25.5. The third-order valence-corrected chi connectivity index (χ3v) is 4.93. The minimum Gasteiger partial charge on any atom is -0.539 e. The highest BCUT2D eigenvalue weighted by molar-refractivity contribution is 8.00. The molecular formula is C19H16N4O4S. The fourth-order valence-corrected chi connectivity index (χ4v) is 3.59. The smallest absolute Gasteiger partial charge is 0.307 e. The largest absolute Gasteiger partial charge is 0.539 e. The molecule has 0 aliphatic carbocycles. The van der Waals surface area contributed by atoms with E-state index >= 15 is 0 Å². The molecule has 0 N–H and O–H groups in total. The van der Waals surface area contributed by atoms with E-state index in [1.165, 1.54) is 7.11 Å². The lowest BCUT2D eigenvalue weighted by Crippen LogP contribution is -2.39. The molecule has 0 unspecified atom stereocenters. The molecule has 9 heteroatoms. The number of rotatable bonds is 6. The van der Waals surface area contributed by atoms with Gasteiger partial charge in [-0.15, -0.1) is 0 Å². The Kier molecular flexibility index (Phi) is 5.61. The van der Waals surface area contributed by atoms with Gasteiger partial charge in [0, 0.05) is 17.8 Å². The van der Waals surface area contributed by atoms with E-state index < -0.39 is 11.7 Å². The molecule has 2 aromatic heterocycles. The summed E-state index contributed by atoms with van der Waals surface area (Å²) in [7, 11) is 1.54. The number of hydrogen-bond donors (Lipinski definition) is 0. The second kappa shape index (κ2) is 8.10. The summed E-state index contributed by atoms with van der Waals surface area (Å²) < 4.78 is 10.9. The summed E-state index contributed by atoms with van der Waals surface area (Å²) in [6.45, 7) is 3.62. The van der Waals surface area contributed by atoms with Gasteiger partial charge < -0.3 is 14.4 Å². The number of carbonyl (C=O) groups excluding carboxylic acids is 1. The van der Waals surface area contributed by atoms with Crippen LogP contribution in [0.15, 0.2) is 39.9 Å². The van der Waals surface area contributed by atoms with Gasteiger partial charge in [-0.05, 0) is 42.3 Å². The number of aryl methyl sites for hydroxylation is 2. The molecule has 0 spiro atoms. The van der Waals surface area contributed by atoms with Crippen LogP contribution in [0.4, 0.5) is 0 Å². The molecule has 2 heterocycles. The van der Waals surface area contributed by atoms with Crippen LogP contribution >= 0.6 is 11.8 Å². The zero-order valence-electron chi connectivity index (χ0n) is 15.4. The van der Waals surface area contributed by atoms with Gasteiger partial charge >= 0.3 is 5.69 Å². The molecule has 0 amide bonds. The van der Waals surface area contributed by atoms with Gasteiger partial charge in [-0.3, -0.25) is 4.79 Å². The summed E-state index contributed by atoms with van der Waals surface area (Å²) in [5.41, 5.74) is 2.24. The number of thioether (sulfide) groups is 1. The first-order chi connectivity index (χ1) is 13.4. The highest BCUT2D eigenvalue weighted by Crippen LogP contribution is 2.25. The Balaban J connectivity index is 1.86. The Morgan fingerprint density at radius 2 is 2.07 bits per heavy atom. The molecule has 3 aromatic rings. The minimum atomic E-state index is -0.824. The molecule has 142 valence electrons. The summed E-state index contributed by atoms with van der Waals surface area (Å²) in [6, 6.07) is 10.6. The molecule has 0 saturated heterocycles. The van der Waals surface area contributed by atoms with Crippen molar-refractivity contribution in [1.82, 2.24) is 10.3 Å². The summed E-state index contributed by atoms with van der Waals surface area (Å²) in [4.78, 5) is 17.0. The van der Waals surface area contributed by atoms with E-state index in [0.717, 1.165) is 27.7 Å². The average Bonchev–Trinajstić information content (AvgIpc) is 3.07. The van der Waals surface area contributed by atoms with Crippen molar-refractivity contribution in [2.45, 2.75) is 18.9 Å². The van der Waals surface area contributed by atoms with E-state index in [-0.39, 0.29) is 11.4 Å². The molecule has 0 saturated carbocycles. The van der Waals surface area contributed by atoms with E-state index in [1.807, 2.05) is 13.8 Å². The Morgan fingerprint density at radius 3 is 2.71 bits per heavy atom. The number of nitrogens with zero attached hydrogens (tertiary/aromatic N) is 4. The van der Waals surface area contributed by atoms with Gasteiger partial charge in [0.15, 0.2) is 5.95 Å². The van der Waals surface area contributed by atoms with Crippen molar-refractivity contribution < 1.29 is 23.8 Å². The summed E-state index contributed by atoms with van der Waals surface area (Å²) in [5.74, 6) is -0.757. The monoisotopic (exact) mass is 396 g/mol. The molecule has 0 aliphatic rings. The first-order valence-corrected chi connectivity index (χ1v) is 9.21. The van der Waals surface area contributed by atoms with Crippen LogP contribution in [-0.4, -0.2) is 28.9 Å². The maximum absolute atomic E-state index is 12.7. The van der Waals surface area contributed by atoms with E-state index in [4.69, 9.17) is 9.26 Å². The van der Waals surface area contributed by atoms with Gasteiger partial charge in [0.05, 0.1) is 23.7 Å². The normalized spacial score (nSPS) is 10.5. The predicted octanol–water partition coefficient (Wildman–Crippen LogP) is 1.89. The van der Waals surface area contributed by atoms with E-state index in [2.05, 4.69) is 16.3 Å². The van der Waals surface area contributed by atoms with Crippen LogP contribution < -0.4 is 14.5 Å². The van der Waals surface area contributed by atoms with E-state index in [0.29, 0.717) is 22.0 Å². The van der Waals surface area contributed by atoms with E-state index in [9.17, 15) is 15.2 Å². The van der Waals surface area contributed by atoms with Crippen LogP contribution in [0.3, 0.4) is 0 Å². The highest BCUT2D eigenvalue weighted by atomic mass is 32.2. The van der Waals surface area contributed by atoms with Gasteiger partial charge in [-0.1, -0.05) is 11.8 Å². The zero-order chi connectivity index (χ0) is 20.3. The van der Waals surface area contributed by atoms with Crippen LogP contribution in [0.2, 0.25) is 0 Å². The molecular weight excluding hydrogens is 380 g/mol. The topological polar surface area (TPSA) is 116 Å². The molecule has 3 rings (SSSR count). The number of aromatic nitrogens is 3. The second-order valence-corrected chi connectivity index (χ2v) is 6.87. The minimum absolute atomic E-state index is 0.0861. The fraction of sp³-hybridized carbons (Fsp3) is 0.211. The standard InChI is InChI=1S/C19H16N4O4S/c1-11-8-12(2)21-18(15(11)9-20)28-10-16(24)17-19(25)27-22-23(17)13-4-6-14(26-3)7-5-13/h4-8H,10H2,1-3H3. The lowest BCUT2D eigenvalue weighted by Gasteiger charge is -2.06. The number of hydrogen-bond acceptors (Lipinski definition) is 8. The SMILES string of the molecule is COc1ccc(-[n+]2noc([O-])c2C(=O)CSc2nc(C)cc(C)c2C#N)cc1. The number of pyridine rings is 1. The molecule has 0 atom stereocenters. The Bertz CT molecular complexity index is 1070. The summed E-state index contributed by atoms with van der Waals surface area (Å²) in [6.07, 6.45) is 0. The van der Waals surface area contributed by atoms with Crippen molar-refractivity contribution in [1.29, 1.82) is 5.26 Å². The maximum Gasteiger partial charge on any atom is 0.307 e. The maximum atomic E-state index is 12.7. The first-order valence-electron chi connectivity index (χ1n) is 8.22. The second-order valence-electron chi connectivity index (χ2n) is 5.90. The Morgan fingerprint density at radius 1 is 1.36 bits per heavy atom. The third kappa shape index (κ3) is 3.82. The van der Waals surface area contributed by atoms with Crippen molar-refractivity contribution in [2.24, 2.45) is 0 Å². The summed E-state index contributed by atoms with van der Waals surface area (Å²) >= 11 is 1.10. The van der Waals surface area contributed by atoms with Crippen LogP contribution in [0.5, 0.6) is 11.7 Å². The van der Waals surface area contributed by atoms with Crippen molar-refractivity contribution in [3.63, 3.8) is 0 Å². The third-order valence-electron chi connectivity index (χ3n) is 3.95. The lowest BCUT2D eigenvalue weighted by molar-refractivity contribution is -0.672. The highest BCUT2D eigenvalue weighted by Gasteiger charge is 2.28. The Hall–Kier alpha value is -3.38. The van der Waals surface area contributed by atoms with Crippen molar-refractivity contribution in [2.75, 3.05) is 12.9 Å². The fourth-order valence-electron chi connectivity index (χ4n) is 2.63. The Labute approximate surface area is 165 Å². The number of benzene rings is 1. The number of methoxy groups -OCH3 is 1. The van der Waals surface area contributed by atoms with Crippen LogP contribution in [0.25, 0.3) is 5.69 Å². The van der Waals surface area contributed by atoms with Gasteiger partial charge in [-0.25, -0.2) is 4.98 Å². The molecule has 28 heavy (non-hydrogen) atoms. The van der Waals surface area contributed by atoms with Gasteiger partial charge in [0.25, 0.3) is 0 Å². The molecule has 0 radical (unpaired) electrons. The molecule has 8 nitrogen and oxygen atoms in total. The number of carbonyl (C=O) groups is 1. The van der Waals surface area contributed by atoms with Crippen molar-refractivity contribution >= 4 is 17.5 Å². The van der Waals surface area contributed by atoms with Gasteiger partial charge in [0.2, 0.25) is 11.5 Å².